The Morgan fingerprint density at radius 1 is 1.30 bits per heavy atom. The molecule has 1 aromatic rings. The van der Waals surface area contributed by atoms with Gasteiger partial charge >= 0.3 is 0 Å². The monoisotopic (exact) mass is 314 g/mol. The molecule has 0 aromatic heterocycles. The number of hydrogen-bond acceptors (Lipinski definition) is 4. The second-order valence-corrected chi connectivity index (χ2v) is 7.28. The molecule has 0 amide bonds. The number of anilines is 1. The Kier molecular flexibility index (Phi) is 4.95. The predicted octanol–water partition coefficient (Wildman–Crippen LogP) is 1.44. The minimum atomic E-state index is -3.35. The Balaban J connectivity index is 2.03. The van der Waals surface area contributed by atoms with Crippen LogP contribution in [0.5, 0.6) is 0 Å². The number of rotatable bonds is 5. The minimum absolute atomic E-state index is 0.382. The van der Waals surface area contributed by atoms with Crippen LogP contribution in [0.4, 0.5) is 5.69 Å². The first-order valence-electron chi connectivity index (χ1n) is 6.44. The van der Waals surface area contributed by atoms with Crippen LogP contribution in [0.15, 0.2) is 24.3 Å². The summed E-state index contributed by atoms with van der Waals surface area (Å²) in [4.78, 5) is 0.417. The molecule has 2 rings (SSSR count). The second kappa shape index (κ2) is 6.51. The zero-order valence-electron chi connectivity index (χ0n) is 11.0. The highest BCUT2D eigenvalue weighted by molar-refractivity contribution is 7.93. The van der Waals surface area contributed by atoms with E-state index < -0.39 is 10.0 Å². The molecule has 5 nitrogen and oxygen atoms in total. The molecule has 1 saturated heterocycles. The van der Waals surface area contributed by atoms with Crippen molar-refractivity contribution in [2.45, 2.75) is 24.5 Å². The third kappa shape index (κ3) is 4.16. The van der Waals surface area contributed by atoms with Gasteiger partial charge in [-0.25, -0.2) is 8.42 Å². The average molecular weight is 314 g/mol. The van der Waals surface area contributed by atoms with E-state index in [1.165, 1.54) is 0 Å². The molecular weight excluding hydrogens is 296 g/mol. The van der Waals surface area contributed by atoms with Gasteiger partial charge in [0, 0.05) is 25.3 Å². The minimum Gasteiger partial charge on any atom is -0.393 e. The van der Waals surface area contributed by atoms with Gasteiger partial charge in [-0.05, 0) is 30.5 Å². The van der Waals surface area contributed by atoms with E-state index in [4.69, 9.17) is 22.7 Å². The molecule has 110 valence electrons. The largest absolute Gasteiger partial charge is 0.393 e. The summed E-state index contributed by atoms with van der Waals surface area (Å²) in [6.45, 7) is 0.997. The lowest BCUT2D eigenvalue weighted by Crippen LogP contribution is -2.33. The molecule has 0 aliphatic carbocycles. The smallest absolute Gasteiger partial charge is 0.235 e. The molecule has 0 bridgehead atoms. The molecule has 1 heterocycles. The van der Waals surface area contributed by atoms with Crippen LogP contribution >= 0.6 is 12.2 Å². The molecule has 1 aliphatic heterocycles. The van der Waals surface area contributed by atoms with Crippen LogP contribution in [0.1, 0.15) is 18.4 Å². The van der Waals surface area contributed by atoms with Crippen LogP contribution in [-0.4, -0.2) is 31.9 Å². The lowest BCUT2D eigenvalue weighted by atomic mass is 10.1. The van der Waals surface area contributed by atoms with Gasteiger partial charge in [0.25, 0.3) is 0 Å². The topological polar surface area (TPSA) is 81.4 Å². The Labute approximate surface area is 124 Å². The van der Waals surface area contributed by atoms with Crippen LogP contribution in [0.25, 0.3) is 0 Å². The van der Waals surface area contributed by atoms with Crippen LogP contribution < -0.4 is 10.5 Å². The summed E-state index contributed by atoms with van der Waals surface area (Å²) in [7, 11) is -3.35. The van der Waals surface area contributed by atoms with Crippen molar-refractivity contribution < 1.29 is 13.2 Å². The number of thiocarbonyl (C=S) groups is 1. The van der Waals surface area contributed by atoms with Crippen molar-refractivity contribution in [3.05, 3.63) is 29.8 Å². The maximum atomic E-state index is 12.2. The third-order valence-corrected chi connectivity index (χ3v) is 5.21. The van der Waals surface area contributed by atoms with Gasteiger partial charge in [0.1, 0.15) is 0 Å². The maximum Gasteiger partial charge on any atom is 0.235 e. The Hall–Kier alpha value is -1.18. The van der Waals surface area contributed by atoms with Crippen molar-refractivity contribution in [2.24, 2.45) is 5.73 Å². The van der Waals surface area contributed by atoms with Crippen LogP contribution in [0.2, 0.25) is 0 Å². The highest BCUT2D eigenvalue weighted by Crippen LogP contribution is 2.19. The van der Waals surface area contributed by atoms with Crippen LogP contribution in [-0.2, 0) is 21.2 Å². The molecule has 3 N–H and O–H groups in total. The third-order valence-electron chi connectivity index (χ3n) is 3.20. The highest BCUT2D eigenvalue weighted by Gasteiger charge is 2.27. The first kappa shape index (κ1) is 15.2. The zero-order chi connectivity index (χ0) is 14.6. The Morgan fingerprint density at radius 3 is 2.45 bits per heavy atom. The van der Waals surface area contributed by atoms with Crippen molar-refractivity contribution in [2.75, 3.05) is 17.9 Å². The highest BCUT2D eigenvalue weighted by atomic mass is 32.2. The van der Waals surface area contributed by atoms with Gasteiger partial charge in [-0.1, -0.05) is 24.4 Å². The van der Waals surface area contributed by atoms with E-state index in [1.54, 1.807) is 12.1 Å². The van der Waals surface area contributed by atoms with E-state index in [2.05, 4.69) is 4.72 Å². The summed E-state index contributed by atoms with van der Waals surface area (Å²) in [5.74, 6) is 0. The van der Waals surface area contributed by atoms with Crippen LogP contribution in [0, 0.1) is 0 Å². The van der Waals surface area contributed by atoms with Crippen molar-refractivity contribution in [1.82, 2.24) is 0 Å². The normalized spacial score (nSPS) is 16.8. The molecule has 20 heavy (non-hydrogen) atoms. The number of sulfonamides is 1. The van der Waals surface area contributed by atoms with E-state index >= 15 is 0 Å². The van der Waals surface area contributed by atoms with Crippen molar-refractivity contribution in [3.8, 4) is 0 Å². The average Bonchev–Trinajstić information content (AvgIpc) is 2.41. The first-order valence-corrected chi connectivity index (χ1v) is 8.39. The van der Waals surface area contributed by atoms with Gasteiger partial charge in [0.2, 0.25) is 10.0 Å². The summed E-state index contributed by atoms with van der Waals surface area (Å²) in [5, 5.41) is -0.382. The second-order valence-electron chi connectivity index (χ2n) is 4.80. The Bertz CT molecular complexity index is 564. The number of nitrogens with two attached hydrogens (primary N) is 1. The van der Waals surface area contributed by atoms with Gasteiger partial charge in [-0.2, -0.15) is 0 Å². The zero-order valence-corrected chi connectivity index (χ0v) is 12.7. The molecule has 0 unspecified atom stereocenters. The summed E-state index contributed by atoms with van der Waals surface area (Å²) < 4.78 is 32.2. The molecule has 0 atom stereocenters. The summed E-state index contributed by atoms with van der Waals surface area (Å²) >= 11 is 4.84. The number of benzene rings is 1. The van der Waals surface area contributed by atoms with E-state index in [9.17, 15) is 8.42 Å². The SMILES string of the molecule is NC(=S)Cc1ccc(NS(=O)(=O)C2CCOCC2)cc1. The van der Waals surface area contributed by atoms with Crippen molar-refractivity contribution >= 4 is 32.9 Å². The fourth-order valence-corrected chi connectivity index (χ4v) is 3.74. The maximum absolute atomic E-state index is 12.2. The van der Waals surface area contributed by atoms with Crippen molar-refractivity contribution in [1.29, 1.82) is 0 Å². The first-order chi connectivity index (χ1) is 9.47. The van der Waals surface area contributed by atoms with Crippen LogP contribution in [0.3, 0.4) is 0 Å². The molecule has 0 radical (unpaired) electrons. The summed E-state index contributed by atoms with van der Waals surface area (Å²) in [5.41, 5.74) is 6.99. The molecular formula is C13H18N2O3S2. The van der Waals surface area contributed by atoms with Gasteiger partial charge < -0.3 is 10.5 Å². The van der Waals surface area contributed by atoms with Gasteiger partial charge in [0.15, 0.2) is 0 Å². The molecule has 1 aliphatic rings. The Morgan fingerprint density at radius 2 is 1.90 bits per heavy atom. The fourth-order valence-electron chi connectivity index (χ4n) is 2.13. The van der Waals surface area contributed by atoms with Gasteiger partial charge in [-0.15, -0.1) is 0 Å². The standard InChI is InChI=1S/C13H18N2O3S2/c14-13(19)9-10-1-3-11(4-2-10)15-20(16,17)12-5-7-18-8-6-12/h1-4,12,15H,5-9H2,(H2,14,19). The number of nitrogens with one attached hydrogen (secondary N) is 1. The molecule has 1 fully saturated rings. The van der Waals surface area contributed by atoms with E-state index in [0.717, 1.165) is 5.56 Å². The summed E-state index contributed by atoms with van der Waals surface area (Å²) in [6, 6.07) is 7.09. The molecule has 1 aromatic carbocycles. The quantitative estimate of drug-likeness (QED) is 0.804. The van der Waals surface area contributed by atoms with E-state index in [0.29, 0.717) is 43.2 Å². The number of hydrogen-bond donors (Lipinski definition) is 2. The molecule has 0 spiro atoms. The fraction of sp³-hybridized carbons (Fsp3) is 0.462. The van der Waals surface area contributed by atoms with Crippen molar-refractivity contribution in [3.63, 3.8) is 0 Å². The molecule has 0 saturated carbocycles. The molecule has 7 heteroatoms. The number of ether oxygens (including phenoxy) is 1. The lowest BCUT2D eigenvalue weighted by Gasteiger charge is -2.22. The van der Waals surface area contributed by atoms with E-state index in [-0.39, 0.29) is 5.25 Å². The predicted molar refractivity (Wildman–Crippen MR) is 83.3 cm³/mol. The van der Waals surface area contributed by atoms with E-state index in [1.807, 2.05) is 12.1 Å². The van der Waals surface area contributed by atoms with Gasteiger partial charge in [-0.3, -0.25) is 4.72 Å². The van der Waals surface area contributed by atoms with Gasteiger partial charge in [0.05, 0.1) is 10.2 Å². The lowest BCUT2D eigenvalue weighted by molar-refractivity contribution is 0.0984. The summed E-state index contributed by atoms with van der Waals surface area (Å²) in [6.07, 6.45) is 1.59.